The molecule has 0 saturated heterocycles. The van der Waals surface area contributed by atoms with Crippen LogP contribution >= 0.6 is 0 Å². The molecule has 0 radical (unpaired) electrons. The number of benzene rings is 2. The van der Waals surface area contributed by atoms with Gasteiger partial charge in [0.15, 0.2) is 0 Å². The van der Waals surface area contributed by atoms with E-state index in [1.165, 1.54) is 19.2 Å². The third-order valence-corrected chi connectivity index (χ3v) is 3.34. The first-order chi connectivity index (χ1) is 10.1. The highest BCUT2D eigenvalue weighted by Gasteiger charge is 2.18. The molecule has 112 valence electrons. The van der Waals surface area contributed by atoms with Crippen LogP contribution in [0.1, 0.15) is 23.7 Å². The number of ether oxygens (including phenoxy) is 2. The molecular weight excluding hydrogens is 273 g/mol. The Bertz CT molecular complexity index is 653. The van der Waals surface area contributed by atoms with E-state index >= 15 is 0 Å². The van der Waals surface area contributed by atoms with E-state index < -0.39 is 11.8 Å². The molecule has 2 N–H and O–H groups in total. The Balaban J connectivity index is 2.58. The van der Waals surface area contributed by atoms with Gasteiger partial charge in [-0.15, -0.1) is 0 Å². The minimum Gasteiger partial charge on any atom is -0.488 e. The second-order valence-corrected chi connectivity index (χ2v) is 4.68. The van der Waals surface area contributed by atoms with Crippen LogP contribution in [0.5, 0.6) is 5.75 Å². The van der Waals surface area contributed by atoms with Crippen LogP contribution < -0.4 is 10.5 Å². The van der Waals surface area contributed by atoms with E-state index in [1.54, 1.807) is 18.2 Å². The molecule has 0 fully saturated rings. The number of hydrogen-bond donors (Lipinski definition) is 1. The second kappa shape index (κ2) is 6.54. The van der Waals surface area contributed by atoms with Gasteiger partial charge in [-0.3, -0.25) is 0 Å². The van der Waals surface area contributed by atoms with E-state index in [0.29, 0.717) is 29.5 Å². The monoisotopic (exact) mass is 291 g/mol. The standard InChI is InChI=1S/C16H18FNO3/c1-3-11(9-18)21-15-7-10-5-4-6-14(17)12(10)8-13(15)16(19)20-2/h4-8,11H,3,9,18H2,1-2H3/t11-/m1/s1. The van der Waals surface area contributed by atoms with Crippen molar-refractivity contribution in [3.8, 4) is 5.75 Å². The molecule has 2 aromatic rings. The Morgan fingerprint density at radius 2 is 2.14 bits per heavy atom. The van der Waals surface area contributed by atoms with E-state index in [4.69, 9.17) is 15.2 Å². The van der Waals surface area contributed by atoms with Crippen molar-refractivity contribution in [3.05, 3.63) is 41.7 Å². The summed E-state index contributed by atoms with van der Waals surface area (Å²) in [5.74, 6) is -0.602. The van der Waals surface area contributed by atoms with Gasteiger partial charge in [0.2, 0.25) is 0 Å². The molecule has 0 aliphatic rings. The fourth-order valence-corrected chi connectivity index (χ4v) is 2.11. The number of esters is 1. The summed E-state index contributed by atoms with van der Waals surface area (Å²) in [7, 11) is 1.28. The predicted octanol–water partition coefficient (Wildman–Crippen LogP) is 2.88. The van der Waals surface area contributed by atoms with Gasteiger partial charge in [-0.2, -0.15) is 0 Å². The number of nitrogens with two attached hydrogens (primary N) is 1. The molecule has 0 saturated carbocycles. The van der Waals surface area contributed by atoms with Gasteiger partial charge in [-0.1, -0.05) is 19.1 Å². The van der Waals surface area contributed by atoms with E-state index in [2.05, 4.69) is 0 Å². The van der Waals surface area contributed by atoms with Crippen LogP contribution in [0.3, 0.4) is 0 Å². The lowest BCUT2D eigenvalue weighted by atomic mass is 10.1. The van der Waals surface area contributed by atoms with Gasteiger partial charge in [0.1, 0.15) is 23.2 Å². The van der Waals surface area contributed by atoms with Gasteiger partial charge < -0.3 is 15.2 Å². The molecule has 21 heavy (non-hydrogen) atoms. The number of carbonyl (C=O) groups is 1. The van der Waals surface area contributed by atoms with Gasteiger partial charge in [0.05, 0.1) is 7.11 Å². The molecule has 0 aliphatic heterocycles. The van der Waals surface area contributed by atoms with Crippen molar-refractivity contribution in [2.24, 2.45) is 5.73 Å². The molecule has 0 aromatic heterocycles. The van der Waals surface area contributed by atoms with E-state index in [1.807, 2.05) is 6.92 Å². The zero-order chi connectivity index (χ0) is 15.4. The maximum Gasteiger partial charge on any atom is 0.341 e. The first-order valence-corrected chi connectivity index (χ1v) is 6.78. The van der Waals surface area contributed by atoms with E-state index in [-0.39, 0.29) is 11.7 Å². The highest BCUT2D eigenvalue weighted by atomic mass is 19.1. The normalized spacial score (nSPS) is 12.2. The highest BCUT2D eigenvalue weighted by molar-refractivity contribution is 5.98. The van der Waals surface area contributed by atoms with Crippen LogP contribution in [0.2, 0.25) is 0 Å². The van der Waals surface area contributed by atoms with Crippen molar-refractivity contribution in [2.45, 2.75) is 19.4 Å². The molecule has 2 aromatic carbocycles. The number of carbonyl (C=O) groups excluding carboxylic acids is 1. The van der Waals surface area contributed by atoms with Crippen molar-refractivity contribution < 1.29 is 18.7 Å². The van der Waals surface area contributed by atoms with Crippen molar-refractivity contribution >= 4 is 16.7 Å². The Labute approximate surface area is 122 Å². The molecule has 4 nitrogen and oxygen atoms in total. The third kappa shape index (κ3) is 3.13. The zero-order valence-electron chi connectivity index (χ0n) is 12.1. The quantitative estimate of drug-likeness (QED) is 0.860. The molecule has 0 amide bonds. The largest absolute Gasteiger partial charge is 0.488 e. The number of hydrogen-bond acceptors (Lipinski definition) is 4. The number of fused-ring (bicyclic) bond motifs is 1. The molecule has 0 heterocycles. The Hall–Kier alpha value is -2.14. The SMILES string of the molecule is CC[C@H](CN)Oc1cc2cccc(F)c2cc1C(=O)OC. The van der Waals surface area contributed by atoms with Gasteiger partial charge in [0, 0.05) is 11.9 Å². The maximum absolute atomic E-state index is 13.8. The average Bonchev–Trinajstić information content (AvgIpc) is 2.51. The summed E-state index contributed by atoms with van der Waals surface area (Å²) in [6, 6.07) is 7.81. The van der Waals surface area contributed by atoms with Crippen LogP contribution in [0, 0.1) is 5.82 Å². The summed E-state index contributed by atoms with van der Waals surface area (Å²) in [4.78, 5) is 11.9. The number of halogens is 1. The minimum atomic E-state index is -0.568. The highest BCUT2D eigenvalue weighted by Crippen LogP contribution is 2.29. The van der Waals surface area contributed by atoms with Crippen molar-refractivity contribution in [1.29, 1.82) is 0 Å². The van der Waals surface area contributed by atoms with Crippen LogP contribution in [0.4, 0.5) is 4.39 Å². The summed E-state index contributed by atoms with van der Waals surface area (Å²) in [5, 5.41) is 1.01. The first-order valence-electron chi connectivity index (χ1n) is 6.78. The van der Waals surface area contributed by atoms with Gasteiger partial charge >= 0.3 is 5.97 Å². The zero-order valence-corrected chi connectivity index (χ0v) is 12.1. The Morgan fingerprint density at radius 1 is 1.38 bits per heavy atom. The van der Waals surface area contributed by atoms with Crippen LogP contribution in [-0.2, 0) is 4.74 Å². The maximum atomic E-state index is 13.8. The average molecular weight is 291 g/mol. The Kier molecular flexibility index (Phi) is 4.75. The van der Waals surface area contributed by atoms with Gasteiger partial charge in [-0.05, 0) is 30.0 Å². The summed E-state index contributed by atoms with van der Waals surface area (Å²) in [5.41, 5.74) is 5.82. The summed E-state index contributed by atoms with van der Waals surface area (Å²) < 4.78 is 24.4. The van der Waals surface area contributed by atoms with Crippen molar-refractivity contribution in [2.75, 3.05) is 13.7 Å². The lowest BCUT2D eigenvalue weighted by Gasteiger charge is -2.18. The van der Waals surface area contributed by atoms with E-state index in [0.717, 1.165) is 0 Å². The lowest BCUT2D eigenvalue weighted by Crippen LogP contribution is -2.26. The lowest BCUT2D eigenvalue weighted by molar-refractivity contribution is 0.0593. The second-order valence-electron chi connectivity index (χ2n) is 4.68. The third-order valence-electron chi connectivity index (χ3n) is 3.34. The molecular formula is C16H18FNO3. The molecule has 5 heteroatoms. The fraction of sp³-hybridized carbons (Fsp3) is 0.312. The Morgan fingerprint density at radius 3 is 2.76 bits per heavy atom. The number of rotatable bonds is 5. The van der Waals surface area contributed by atoms with Crippen LogP contribution in [0.15, 0.2) is 30.3 Å². The fourth-order valence-electron chi connectivity index (χ4n) is 2.11. The van der Waals surface area contributed by atoms with Crippen LogP contribution in [-0.4, -0.2) is 25.7 Å². The predicted molar refractivity (Wildman–Crippen MR) is 79.0 cm³/mol. The molecule has 0 unspecified atom stereocenters. The smallest absolute Gasteiger partial charge is 0.341 e. The summed E-state index contributed by atoms with van der Waals surface area (Å²) >= 11 is 0. The summed E-state index contributed by atoms with van der Waals surface area (Å²) in [6.07, 6.45) is 0.498. The topological polar surface area (TPSA) is 61.5 Å². The first kappa shape index (κ1) is 15.3. The molecule has 1 atom stereocenters. The van der Waals surface area contributed by atoms with E-state index in [9.17, 15) is 9.18 Å². The number of methoxy groups -OCH3 is 1. The van der Waals surface area contributed by atoms with Gasteiger partial charge in [-0.25, -0.2) is 9.18 Å². The van der Waals surface area contributed by atoms with Crippen molar-refractivity contribution in [3.63, 3.8) is 0 Å². The van der Waals surface area contributed by atoms with Gasteiger partial charge in [0.25, 0.3) is 0 Å². The molecule has 0 bridgehead atoms. The molecule has 2 rings (SSSR count). The van der Waals surface area contributed by atoms with Crippen molar-refractivity contribution in [1.82, 2.24) is 0 Å². The van der Waals surface area contributed by atoms with Crippen LogP contribution in [0.25, 0.3) is 10.8 Å². The molecule has 0 aliphatic carbocycles. The molecule has 0 spiro atoms. The minimum absolute atomic E-state index is 0.196. The summed E-state index contributed by atoms with van der Waals surface area (Å²) in [6.45, 7) is 2.27.